The van der Waals surface area contributed by atoms with Crippen LogP contribution in [-0.2, 0) is 16.0 Å². The van der Waals surface area contributed by atoms with E-state index >= 15 is 0 Å². The van der Waals surface area contributed by atoms with Crippen molar-refractivity contribution in [3.63, 3.8) is 0 Å². The zero-order chi connectivity index (χ0) is 26.9. The van der Waals surface area contributed by atoms with Crippen molar-refractivity contribution in [2.45, 2.75) is 25.8 Å². The van der Waals surface area contributed by atoms with Crippen LogP contribution in [0, 0.1) is 30.5 Å². The zero-order valence-corrected chi connectivity index (χ0v) is 20.6. The molecule has 3 unspecified atom stereocenters. The molecular formula is C28H27FN2O6. The molecule has 1 amide bonds. The number of aliphatic hydroxyl groups excluding tert-OH is 2. The average Bonchev–Trinajstić information content (AvgIpc) is 2.77. The highest BCUT2D eigenvalue weighted by Crippen LogP contribution is 2.51. The number of hydrogen-bond donors (Lipinski definition) is 4. The fourth-order valence-electron chi connectivity index (χ4n) is 6.43. The Morgan fingerprint density at radius 2 is 1.78 bits per heavy atom. The van der Waals surface area contributed by atoms with E-state index in [0.29, 0.717) is 22.3 Å². The van der Waals surface area contributed by atoms with E-state index in [4.69, 9.17) is 5.73 Å². The van der Waals surface area contributed by atoms with Gasteiger partial charge in [0.1, 0.15) is 28.7 Å². The number of primary amides is 1. The second kappa shape index (κ2) is 8.55. The number of carbonyl (C=O) groups is 3. The van der Waals surface area contributed by atoms with Gasteiger partial charge in [0.2, 0.25) is 0 Å². The summed E-state index contributed by atoms with van der Waals surface area (Å²) < 4.78 is 14.2. The van der Waals surface area contributed by atoms with E-state index in [1.165, 1.54) is 18.2 Å². The number of amides is 1. The van der Waals surface area contributed by atoms with Crippen LogP contribution in [-0.4, -0.2) is 57.8 Å². The van der Waals surface area contributed by atoms with Crippen LogP contribution in [0.5, 0.6) is 5.75 Å². The molecule has 0 saturated carbocycles. The number of nitrogens with two attached hydrogens (primary N) is 1. The highest BCUT2D eigenvalue weighted by atomic mass is 19.1. The summed E-state index contributed by atoms with van der Waals surface area (Å²) in [6.45, 7) is 1.76. The largest absolute Gasteiger partial charge is 0.511 e. The second-order valence-corrected chi connectivity index (χ2v) is 10.3. The summed E-state index contributed by atoms with van der Waals surface area (Å²) in [5.74, 6) is -6.59. The Bertz CT molecular complexity index is 1440. The molecule has 192 valence electrons. The maximum atomic E-state index is 14.2. The van der Waals surface area contributed by atoms with Crippen molar-refractivity contribution in [1.29, 1.82) is 0 Å². The SMILES string of the molecule is Cc1cc(F)cc(-c2ccc(O)c3c2CC2CC4C(C(=O)C(C(N)=O)=C(O)[C@H]4N(C)C)C(O)=C2C3=O)c1. The third kappa shape index (κ3) is 3.64. The Labute approximate surface area is 212 Å². The summed E-state index contributed by atoms with van der Waals surface area (Å²) in [7, 11) is 3.35. The lowest BCUT2D eigenvalue weighted by Crippen LogP contribution is -2.53. The van der Waals surface area contributed by atoms with Crippen LogP contribution in [0.3, 0.4) is 0 Å². The fourth-order valence-corrected chi connectivity index (χ4v) is 6.43. The van der Waals surface area contributed by atoms with Gasteiger partial charge in [0.05, 0.1) is 17.5 Å². The van der Waals surface area contributed by atoms with Gasteiger partial charge in [-0.15, -0.1) is 0 Å². The molecule has 0 fully saturated rings. The Balaban J connectivity index is 1.69. The van der Waals surface area contributed by atoms with Crippen molar-refractivity contribution in [3.8, 4) is 16.9 Å². The fraction of sp³-hybridized carbons (Fsp3) is 0.321. The van der Waals surface area contributed by atoms with Crippen molar-refractivity contribution in [1.82, 2.24) is 4.90 Å². The van der Waals surface area contributed by atoms with E-state index in [-0.39, 0.29) is 29.7 Å². The van der Waals surface area contributed by atoms with Gasteiger partial charge in [-0.25, -0.2) is 4.39 Å². The molecule has 4 atom stereocenters. The Kier molecular flexibility index (Phi) is 5.71. The van der Waals surface area contributed by atoms with Crippen LogP contribution in [0.1, 0.15) is 27.9 Å². The number of Topliss-reactive ketones (excluding diaryl/α,β-unsaturated/α-hetero) is 2. The number of aryl methyl sites for hydroxylation is 1. The van der Waals surface area contributed by atoms with Gasteiger partial charge in [0, 0.05) is 5.57 Å². The summed E-state index contributed by atoms with van der Waals surface area (Å²) >= 11 is 0. The molecule has 3 aliphatic rings. The van der Waals surface area contributed by atoms with Gasteiger partial charge in [0.25, 0.3) is 5.91 Å². The monoisotopic (exact) mass is 506 g/mol. The number of rotatable bonds is 3. The molecule has 0 saturated heterocycles. The summed E-state index contributed by atoms with van der Waals surface area (Å²) in [5.41, 5.74) is 7.18. The number of likely N-dealkylation sites (N-methyl/N-ethyl adjacent to an activating group) is 1. The minimum atomic E-state index is -1.24. The first-order chi connectivity index (χ1) is 17.4. The number of benzene rings is 2. The van der Waals surface area contributed by atoms with Gasteiger partial charge in [0.15, 0.2) is 11.6 Å². The lowest BCUT2D eigenvalue weighted by molar-refractivity contribution is -0.127. The minimum Gasteiger partial charge on any atom is -0.511 e. The zero-order valence-electron chi connectivity index (χ0n) is 20.6. The van der Waals surface area contributed by atoms with Crippen molar-refractivity contribution >= 4 is 17.5 Å². The molecule has 0 bridgehead atoms. The lowest BCUT2D eigenvalue weighted by Gasteiger charge is -2.46. The van der Waals surface area contributed by atoms with Crippen molar-refractivity contribution in [2.75, 3.05) is 14.1 Å². The number of carbonyl (C=O) groups excluding carboxylic acids is 3. The van der Waals surface area contributed by atoms with Gasteiger partial charge in [-0.2, -0.15) is 0 Å². The molecular weight excluding hydrogens is 479 g/mol. The summed E-state index contributed by atoms with van der Waals surface area (Å²) in [6, 6.07) is 6.74. The smallest absolute Gasteiger partial charge is 0.255 e. The molecule has 3 aliphatic carbocycles. The molecule has 0 heterocycles. The molecule has 2 aromatic rings. The normalized spacial score (nSPS) is 25.2. The van der Waals surface area contributed by atoms with E-state index in [1.807, 2.05) is 0 Å². The Morgan fingerprint density at radius 3 is 2.41 bits per heavy atom. The van der Waals surface area contributed by atoms with Crippen LogP contribution < -0.4 is 5.73 Å². The molecule has 2 aromatic carbocycles. The van der Waals surface area contributed by atoms with Gasteiger partial charge >= 0.3 is 0 Å². The van der Waals surface area contributed by atoms with Crippen LogP contribution in [0.15, 0.2) is 53.0 Å². The van der Waals surface area contributed by atoms with Crippen LogP contribution in [0.2, 0.25) is 0 Å². The first kappa shape index (κ1) is 24.7. The standard InChI is InChI=1S/C28H27FN2O6/c1-11-6-12(8-14(29)7-11)15-4-5-18(32)20-16(15)9-13-10-17-21(25(34)19(13)24(20)33)26(35)22(28(30)37)27(36)23(17)31(2)3/h4-8,13,17,21,23,32,34,36H,9-10H2,1-3H3,(H2,30,37)/t13?,17?,21?,23-/m0/s1. The maximum Gasteiger partial charge on any atom is 0.255 e. The van der Waals surface area contributed by atoms with E-state index < -0.39 is 64.2 Å². The third-order valence-corrected chi connectivity index (χ3v) is 7.80. The predicted octanol–water partition coefficient (Wildman–Crippen LogP) is 3.12. The topological polar surface area (TPSA) is 141 Å². The van der Waals surface area contributed by atoms with Gasteiger partial charge in [-0.1, -0.05) is 12.1 Å². The number of fused-ring (bicyclic) bond motifs is 3. The number of aliphatic hydroxyl groups is 2. The average molecular weight is 507 g/mol. The highest BCUT2D eigenvalue weighted by Gasteiger charge is 2.54. The number of hydrogen-bond acceptors (Lipinski definition) is 7. The minimum absolute atomic E-state index is 0.00315. The number of halogens is 1. The van der Waals surface area contributed by atoms with Gasteiger partial charge in [-0.05, 0) is 86.1 Å². The lowest BCUT2D eigenvalue weighted by atomic mass is 9.60. The second-order valence-electron chi connectivity index (χ2n) is 10.3. The van der Waals surface area contributed by atoms with Gasteiger partial charge in [-0.3, -0.25) is 19.3 Å². The number of phenols is 1. The van der Waals surface area contributed by atoms with Crippen LogP contribution in [0.4, 0.5) is 4.39 Å². The number of nitrogens with zero attached hydrogens (tertiary/aromatic N) is 1. The highest BCUT2D eigenvalue weighted by molar-refractivity contribution is 6.22. The quantitative estimate of drug-likeness (QED) is 0.469. The Morgan fingerprint density at radius 1 is 1.08 bits per heavy atom. The van der Waals surface area contributed by atoms with E-state index in [9.17, 15) is 34.1 Å². The molecule has 0 aromatic heterocycles. The van der Waals surface area contributed by atoms with E-state index in [2.05, 4.69) is 0 Å². The number of aromatic hydroxyl groups is 1. The maximum absolute atomic E-state index is 14.2. The first-order valence-corrected chi connectivity index (χ1v) is 12.0. The van der Waals surface area contributed by atoms with Crippen molar-refractivity contribution in [3.05, 3.63) is 75.5 Å². The Hall–Kier alpha value is -3.98. The molecule has 0 aliphatic heterocycles. The number of phenolic OH excluding ortho intramolecular Hbond substituents is 1. The summed E-state index contributed by atoms with van der Waals surface area (Å²) in [6.07, 6.45) is 0.488. The molecule has 5 N–H and O–H groups in total. The summed E-state index contributed by atoms with van der Waals surface area (Å²) in [4.78, 5) is 40.7. The molecule has 37 heavy (non-hydrogen) atoms. The number of allylic oxidation sites excluding steroid dienone is 2. The first-order valence-electron chi connectivity index (χ1n) is 12.0. The molecule has 0 radical (unpaired) electrons. The number of ketones is 2. The van der Waals surface area contributed by atoms with E-state index in [0.717, 1.165) is 0 Å². The molecule has 5 rings (SSSR count). The summed E-state index contributed by atoms with van der Waals surface area (Å²) in [5, 5.41) is 32.8. The van der Waals surface area contributed by atoms with E-state index in [1.54, 1.807) is 38.1 Å². The molecule has 9 heteroatoms. The van der Waals surface area contributed by atoms with Crippen LogP contribution in [0.25, 0.3) is 11.1 Å². The molecule has 0 spiro atoms. The van der Waals surface area contributed by atoms with Crippen molar-refractivity contribution in [2.24, 2.45) is 23.5 Å². The van der Waals surface area contributed by atoms with Gasteiger partial charge < -0.3 is 21.1 Å². The third-order valence-electron chi connectivity index (χ3n) is 7.80. The van der Waals surface area contributed by atoms with Crippen molar-refractivity contribution < 1.29 is 34.1 Å². The molecule has 8 nitrogen and oxygen atoms in total. The van der Waals surface area contributed by atoms with Crippen LogP contribution >= 0.6 is 0 Å². The predicted molar refractivity (Wildman–Crippen MR) is 132 cm³/mol.